The molecule has 1 aliphatic heterocycles. The van der Waals surface area contributed by atoms with Crippen LogP contribution in [0.4, 0.5) is 4.79 Å². The summed E-state index contributed by atoms with van der Waals surface area (Å²) in [5.41, 5.74) is 1.10. The van der Waals surface area contributed by atoms with Crippen molar-refractivity contribution in [2.45, 2.75) is 25.0 Å². The minimum absolute atomic E-state index is 0.0630. The molecule has 1 aromatic heterocycles. The lowest BCUT2D eigenvalue weighted by Gasteiger charge is -2.23. The van der Waals surface area contributed by atoms with Gasteiger partial charge in [0.2, 0.25) is 0 Å². The number of nitrogens with zero attached hydrogens (tertiary/aromatic N) is 3. The number of carbonyl (C=O) groups excluding carboxylic acids is 1. The van der Waals surface area contributed by atoms with Crippen molar-refractivity contribution in [1.29, 1.82) is 5.26 Å². The second-order valence-electron chi connectivity index (χ2n) is 5.70. The number of aromatic nitrogens is 1. The summed E-state index contributed by atoms with van der Waals surface area (Å²) in [6, 6.07) is 5.04. The highest BCUT2D eigenvalue weighted by molar-refractivity contribution is 7.86. The van der Waals surface area contributed by atoms with E-state index in [9.17, 15) is 13.2 Å². The van der Waals surface area contributed by atoms with E-state index in [1.807, 2.05) is 6.07 Å². The Bertz CT molecular complexity index is 787. The van der Waals surface area contributed by atoms with Crippen molar-refractivity contribution < 1.29 is 22.1 Å². The molecule has 1 amide bonds. The monoisotopic (exact) mass is 365 g/mol. The van der Waals surface area contributed by atoms with Crippen molar-refractivity contribution in [2.75, 3.05) is 19.4 Å². The first-order chi connectivity index (χ1) is 11.8. The zero-order valence-corrected chi connectivity index (χ0v) is 14.6. The van der Waals surface area contributed by atoms with E-state index in [-0.39, 0.29) is 24.9 Å². The maximum Gasteiger partial charge on any atom is 0.410 e. The SMILES string of the molecule is C=CCOC(=O)N1C[C@H](OS(C)(=O)=O)C[C@H]1Cc1ccnc(C#N)c1. The van der Waals surface area contributed by atoms with Gasteiger partial charge in [0.05, 0.1) is 18.9 Å². The van der Waals surface area contributed by atoms with Crippen molar-refractivity contribution >= 4 is 16.2 Å². The van der Waals surface area contributed by atoms with Gasteiger partial charge in [0.1, 0.15) is 18.4 Å². The largest absolute Gasteiger partial charge is 0.445 e. The Kier molecular flexibility index (Phi) is 6.12. The fraction of sp³-hybridized carbons (Fsp3) is 0.438. The molecule has 0 aromatic carbocycles. The predicted octanol–water partition coefficient (Wildman–Crippen LogP) is 1.24. The van der Waals surface area contributed by atoms with Gasteiger partial charge in [-0.3, -0.25) is 4.18 Å². The number of carbonyl (C=O) groups is 1. The molecule has 0 radical (unpaired) electrons. The van der Waals surface area contributed by atoms with E-state index in [2.05, 4.69) is 11.6 Å². The summed E-state index contributed by atoms with van der Waals surface area (Å²) >= 11 is 0. The normalized spacial score (nSPS) is 20.1. The number of ether oxygens (including phenoxy) is 1. The maximum atomic E-state index is 12.2. The van der Waals surface area contributed by atoms with Gasteiger partial charge in [-0.2, -0.15) is 13.7 Å². The Morgan fingerprint density at radius 3 is 3.00 bits per heavy atom. The first kappa shape index (κ1) is 18.9. The highest BCUT2D eigenvalue weighted by atomic mass is 32.2. The van der Waals surface area contributed by atoms with E-state index in [4.69, 9.17) is 14.2 Å². The Morgan fingerprint density at radius 1 is 1.60 bits per heavy atom. The van der Waals surface area contributed by atoms with Crippen LogP contribution in [0.2, 0.25) is 0 Å². The Hall–Kier alpha value is -2.44. The molecule has 0 bridgehead atoms. The fourth-order valence-corrected chi connectivity index (χ4v) is 3.39. The summed E-state index contributed by atoms with van der Waals surface area (Å²) in [6.07, 6.45) is 3.55. The van der Waals surface area contributed by atoms with Crippen LogP contribution in [0.25, 0.3) is 0 Å². The van der Waals surface area contributed by atoms with Gasteiger partial charge in [-0.15, -0.1) is 0 Å². The highest BCUT2D eigenvalue weighted by Crippen LogP contribution is 2.25. The average molecular weight is 365 g/mol. The first-order valence-electron chi connectivity index (χ1n) is 7.60. The van der Waals surface area contributed by atoms with Crippen LogP contribution in [0.5, 0.6) is 0 Å². The topological polar surface area (TPSA) is 110 Å². The number of pyridine rings is 1. The lowest BCUT2D eigenvalue weighted by atomic mass is 10.0. The Morgan fingerprint density at radius 2 is 2.36 bits per heavy atom. The summed E-state index contributed by atoms with van der Waals surface area (Å²) in [5.74, 6) is 0. The van der Waals surface area contributed by atoms with Crippen LogP contribution in [0.1, 0.15) is 17.7 Å². The van der Waals surface area contributed by atoms with Crippen molar-refractivity contribution in [2.24, 2.45) is 0 Å². The number of nitriles is 1. The summed E-state index contributed by atoms with van der Waals surface area (Å²) in [6.45, 7) is 3.67. The fourth-order valence-electron chi connectivity index (χ4n) is 2.76. The van der Waals surface area contributed by atoms with Crippen molar-refractivity contribution in [1.82, 2.24) is 9.88 Å². The van der Waals surface area contributed by atoms with Crippen LogP contribution >= 0.6 is 0 Å². The van der Waals surface area contributed by atoms with Gasteiger partial charge in [0.15, 0.2) is 0 Å². The molecule has 1 aliphatic rings. The average Bonchev–Trinajstić information content (AvgIpc) is 2.93. The van der Waals surface area contributed by atoms with Crippen LogP contribution in [0.3, 0.4) is 0 Å². The third kappa shape index (κ3) is 5.55. The van der Waals surface area contributed by atoms with Crippen molar-refractivity contribution in [3.8, 4) is 6.07 Å². The molecule has 0 N–H and O–H groups in total. The van der Waals surface area contributed by atoms with Gasteiger partial charge >= 0.3 is 6.09 Å². The Balaban J connectivity index is 2.16. The molecule has 0 saturated carbocycles. The summed E-state index contributed by atoms with van der Waals surface area (Å²) in [4.78, 5) is 17.6. The van der Waals surface area contributed by atoms with Gasteiger partial charge in [-0.05, 0) is 30.5 Å². The van der Waals surface area contributed by atoms with Crippen molar-refractivity contribution in [3.05, 3.63) is 42.2 Å². The molecule has 0 aliphatic carbocycles. The van der Waals surface area contributed by atoms with E-state index < -0.39 is 22.3 Å². The molecule has 2 rings (SSSR count). The van der Waals surface area contributed by atoms with Crippen LogP contribution in [-0.2, 0) is 25.5 Å². The summed E-state index contributed by atoms with van der Waals surface area (Å²) < 4.78 is 32.8. The lowest BCUT2D eigenvalue weighted by Crippen LogP contribution is -2.37. The van der Waals surface area contributed by atoms with E-state index in [1.165, 1.54) is 17.2 Å². The van der Waals surface area contributed by atoms with Gasteiger partial charge in [-0.1, -0.05) is 12.7 Å². The van der Waals surface area contributed by atoms with Gasteiger partial charge < -0.3 is 9.64 Å². The van der Waals surface area contributed by atoms with Crippen LogP contribution in [-0.4, -0.2) is 55.9 Å². The number of likely N-dealkylation sites (tertiary alicyclic amines) is 1. The molecule has 2 atom stereocenters. The van der Waals surface area contributed by atoms with Crippen molar-refractivity contribution in [3.63, 3.8) is 0 Å². The Labute approximate surface area is 146 Å². The molecular formula is C16H19N3O5S. The molecule has 1 fully saturated rings. The molecule has 25 heavy (non-hydrogen) atoms. The third-order valence-electron chi connectivity index (χ3n) is 3.66. The molecule has 0 unspecified atom stereocenters. The second-order valence-corrected chi connectivity index (χ2v) is 7.30. The number of hydrogen-bond donors (Lipinski definition) is 0. The molecule has 0 spiro atoms. The minimum atomic E-state index is -3.63. The second kappa shape index (κ2) is 8.09. The number of rotatable bonds is 6. The molecule has 2 heterocycles. The number of amides is 1. The molecular weight excluding hydrogens is 346 g/mol. The lowest BCUT2D eigenvalue weighted by molar-refractivity contribution is 0.104. The van der Waals surface area contributed by atoms with Crippen LogP contribution in [0.15, 0.2) is 31.0 Å². The van der Waals surface area contributed by atoms with E-state index in [1.54, 1.807) is 12.1 Å². The van der Waals surface area contributed by atoms with E-state index in [0.717, 1.165) is 11.8 Å². The minimum Gasteiger partial charge on any atom is -0.445 e. The summed E-state index contributed by atoms with van der Waals surface area (Å²) in [5, 5.41) is 8.94. The molecule has 1 saturated heterocycles. The molecule has 9 heteroatoms. The maximum absolute atomic E-state index is 12.2. The van der Waals surface area contributed by atoms with Gasteiger partial charge in [0.25, 0.3) is 10.1 Å². The first-order valence-corrected chi connectivity index (χ1v) is 9.41. The molecule has 134 valence electrons. The molecule has 8 nitrogen and oxygen atoms in total. The summed E-state index contributed by atoms with van der Waals surface area (Å²) in [7, 11) is -3.63. The van der Waals surface area contributed by atoms with E-state index in [0.29, 0.717) is 12.8 Å². The third-order valence-corrected chi connectivity index (χ3v) is 4.28. The van der Waals surface area contributed by atoms with Crippen LogP contribution in [0, 0.1) is 11.3 Å². The quantitative estimate of drug-likeness (QED) is 0.551. The highest BCUT2D eigenvalue weighted by Gasteiger charge is 2.38. The standard InChI is InChI=1S/C16H19N3O5S/c1-3-6-23-16(20)19-11-15(24-25(2,21)22)9-14(19)8-12-4-5-18-13(7-12)10-17/h3-5,7,14-15H,1,6,8-9,11H2,2H3/t14-,15-/m1/s1. The molecule has 1 aromatic rings. The number of hydrogen-bond acceptors (Lipinski definition) is 7. The zero-order chi connectivity index (χ0) is 18.4. The van der Waals surface area contributed by atoms with Crippen LogP contribution < -0.4 is 0 Å². The smallest absolute Gasteiger partial charge is 0.410 e. The van der Waals surface area contributed by atoms with Gasteiger partial charge in [-0.25, -0.2) is 9.78 Å². The predicted molar refractivity (Wildman–Crippen MR) is 89.0 cm³/mol. The van der Waals surface area contributed by atoms with Gasteiger partial charge in [0, 0.05) is 12.2 Å². The van der Waals surface area contributed by atoms with E-state index >= 15 is 0 Å². The zero-order valence-electron chi connectivity index (χ0n) is 13.8.